The molecule has 2 saturated heterocycles. The third kappa shape index (κ3) is 8.24. The van der Waals surface area contributed by atoms with Crippen LogP contribution in [0.5, 0.6) is 0 Å². The van der Waals surface area contributed by atoms with Crippen LogP contribution in [0.15, 0.2) is 48.5 Å². The summed E-state index contributed by atoms with van der Waals surface area (Å²) in [5, 5.41) is 0. The Morgan fingerprint density at radius 1 is 0.567 bits per heavy atom. The highest BCUT2D eigenvalue weighted by atomic mass is 15.1. The molecule has 2 heterocycles. The van der Waals surface area contributed by atoms with Crippen LogP contribution in [-0.4, -0.2) is 36.0 Å². The van der Waals surface area contributed by atoms with Crippen molar-refractivity contribution in [1.82, 2.24) is 9.80 Å². The zero-order valence-electron chi connectivity index (χ0n) is 19.4. The lowest BCUT2D eigenvalue weighted by atomic mass is 10.1. The maximum atomic E-state index is 2.61. The molecule has 0 aliphatic carbocycles. The average molecular weight is 407 g/mol. The molecule has 2 heteroatoms. The highest BCUT2D eigenvalue weighted by Crippen LogP contribution is 2.15. The van der Waals surface area contributed by atoms with E-state index in [0.29, 0.717) is 0 Å². The Balaban J connectivity index is 0.000000171. The molecule has 0 saturated carbocycles. The Labute approximate surface area is 185 Å². The van der Waals surface area contributed by atoms with Crippen molar-refractivity contribution in [3.63, 3.8) is 0 Å². The van der Waals surface area contributed by atoms with Crippen LogP contribution in [-0.2, 0) is 13.1 Å². The summed E-state index contributed by atoms with van der Waals surface area (Å²) in [5.74, 6) is 0. The topological polar surface area (TPSA) is 6.48 Å². The maximum absolute atomic E-state index is 2.61. The van der Waals surface area contributed by atoms with Crippen molar-refractivity contribution < 1.29 is 0 Å². The van der Waals surface area contributed by atoms with Gasteiger partial charge in [-0.05, 0) is 82.4 Å². The first-order valence-corrected chi connectivity index (χ1v) is 12.3. The number of likely N-dealkylation sites (tertiary alicyclic amines) is 2. The van der Waals surface area contributed by atoms with E-state index in [9.17, 15) is 0 Å². The monoisotopic (exact) mass is 406 g/mol. The molecule has 2 fully saturated rings. The smallest absolute Gasteiger partial charge is 0.0236 e. The molecule has 0 N–H and O–H groups in total. The summed E-state index contributed by atoms with van der Waals surface area (Å²) in [7, 11) is 0. The molecular weight excluding hydrogens is 364 g/mol. The van der Waals surface area contributed by atoms with Gasteiger partial charge in [0.1, 0.15) is 0 Å². The van der Waals surface area contributed by atoms with E-state index in [-0.39, 0.29) is 0 Å². The highest BCUT2D eigenvalue weighted by molar-refractivity contribution is 5.25. The fourth-order valence-corrected chi connectivity index (χ4v) is 4.57. The van der Waals surface area contributed by atoms with E-state index in [1.807, 2.05) is 0 Å². The molecule has 0 aromatic heterocycles. The van der Waals surface area contributed by atoms with Gasteiger partial charge in [0.05, 0.1) is 0 Å². The van der Waals surface area contributed by atoms with E-state index in [1.165, 1.54) is 99.8 Å². The van der Waals surface area contributed by atoms with Gasteiger partial charge in [0.15, 0.2) is 0 Å². The molecule has 2 nitrogen and oxygen atoms in total. The maximum Gasteiger partial charge on any atom is 0.0236 e. The molecule has 2 aromatic carbocycles. The van der Waals surface area contributed by atoms with Crippen LogP contribution in [0.25, 0.3) is 0 Å². The lowest BCUT2D eigenvalue weighted by molar-refractivity contribution is 0.276. The van der Waals surface area contributed by atoms with Crippen molar-refractivity contribution in [1.29, 1.82) is 0 Å². The summed E-state index contributed by atoms with van der Waals surface area (Å²) in [4.78, 5) is 5.20. The van der Waals surface area contributed by atoms with Crippen LogP contribution in [0.4, 0.5) is 0 Å². The summed E-state index contributed by atoms with van der Waals surface area (Å²) in [6, 6.07) is 17.7. The SMILES string of the molecule is Cc1ccc(CN2CCCCCC2)cc1.Cc1ccccc1CN1CCCCCC1. The van der Waals surface area contributed by atoms with Gasteiger partial charge in [0, 0.05) is 13.1 Å². The second-order valence-corrected chi connectivity index (χ2v) is 9.29. The van der Waals surface area contributed by atoms with Gasteiger partial charge in [-0.25, -0.2) is 0 Å². The van der Waals surface area contributed by atoms with Crippen LogP contribution >= 0.6 is 0 Å². The van der Waals surface area contributed by atoms with Crippen LogP contribution in [0.3, 0.4) is 0 Å². The van der Waals surface area contributed by atoms with Gasteiger partial charge in [-0.15, -0.1) is 0 Å². The van der Waals surface area contributed by atoms with E-state index in [4.69, 9.17) is 0 Å². The van der Waals surface area contributed by atoms with E-state index >= 15 is 0 Å². The highest BCUT2D eigenvalue weighted by Gasteiger charge is 2.10. The number of hydrogen-bond donors (Lipinski definition) is 0. The molecule has 164 valence electrons. The number of aryl methyl sites for hydroxylation is 2. The van der Waals surface area contributed by atoms with Crippen molar-refractivity contribution in [3.8, 4) is 0 Å². The summed E-state index contributed by atoms with van der Waals surface area (Å²) in [5.41, 5.74) is 5.75. The molecule has 0 spiro atoms. The molecule has 0 radical (unpaired) electrons. The minimum absolute atomic E-state index is 1.14. The first kappa shape index (κ1) is 23.0. The van der Waals surface area contributed by atoms with Crippen molar-refractivity contribution in [2.24, 2.45) is 0 Å². The zero-order valence-corrected chi connectivity index (χ0v) is 19.4. The fraction of sp³-hybridized carbons (Fsp3) is 0.571. The summed E-state index contributed by atoms with van der Waals surface area (Å²) in [6.07, 6.45) is 11.2. The normalized spacial score (nSPS) is 18.7. The van der Waals surface area contributed by atoms with Gasteiger partial charge in [-0.3, -0.25) is 9.80 Å². The Hall–Kier alpha value is -1.64. The van der Waals surface area contributed by atoms with E-state index < -0.39 is 0 Å². The van der Waals surface area contributed by atoms with Gasteiger partial charge in [0.2, 0.25) is 0 Å². The molecule has 0 bridgehead atoms. The van der Waals surface area contributed by atoms with Crippen LogP contribution in [0.1, 0.15) is 73.6 Å². The molecule has 30 heavy (non-hydrogen) atoms. The molecule has 0 atom stereocenters. The summed E-state index contributed by atoms with van der Waals surface area (Å²) in [6.45, 7) is 11.8. The summed E-state index contributed by atoms with van der Waals surface area (Å²) >= 11 is 0. The second-order valence-electron chi connectivity index (χ2n) is 9.29. The van der Waals surface area contributed by atoms with Gasteiger partial charge in [0.25, 0.3) is 0 Å². The predicted octanol–water partition coefficient (Wildman–Crippen LogP) is 6.74. The van der Waals surface area contributed by atoms with Gasteiger partial charge >= 0.3 is 0 Å². The molecule has 4 rings (SSSR count). The molecule has 2 aliphatic rings. The Kier molecular flexibility index (Phi) is 9.92. The number of benzene rings is 2. The zero-order chi connectivity index (χ0) is 21.0. The average Bonchev–Trinajstić information content (AvgIpc) is 3.17. The molecule has 0 unspecified atom stereocenters. The van der Waals surface area contributed by atoms with Gasteiger partial charge < -0.3 is 0 Å². The lowest BCUT2D eigenvalue weighted by Crippen LogP contribution is -2.24. The standard InChI is InChI=1S/2C14H21N/c1-13-8-4-5-9-14(13)12-15-10-6-2-3-7-11-15;1-13-6-8-14(9-7-13)12-15-10-4-2-3-5-11-15/h4-5,8-9H,2-3,6-7,10-12H2,1H3;6-9H,2-5,10-12H2,1H3. The quantitative estimate of drug-likeness (QED) is 0.554. The van der Waals surface area contributed by atoms with E-state index in [0.717, 1.165) is 13.1 Å². The molecular formula is C28H42N2. The molecule has 2 aliphatic heterocycles. The van der Waals surface area contributed by atoms with Crippen LogP contribution in [0.2, 0.25) is 0 Å². The van der Waals surface area contributed by atoms with Crippen molar-refractivity contribution >= 4 is 0 Å². The predicted molar refractivity (Wildman–Crippen MR) is 130 cm³/mol. The van der Waals surface area contributed by atoms with Gasteiger partial charge in [-0.1, -0.05) is 79.8 Å². The van der Waals surface area contributed by atoms with Crippen molar-refractivity contribution in [2.75, 3.05) is 26.2 Å². The van der Waals surface area contributed by atoms with Crippen molar-refractivity contribution in [3.05, 3.63) is 70.8 Å². The Bertz CT molecular complexity index is 706. The molecule has 0 amide bonds. The Morgan fingerprint density at radius 2 is 1.07 bits per heavy atom. The minimum atomic E-state index is 1.14. The third-order valence-electron chi connectivity index (χ3n) is 6.58. The first-order chi connectivity index (χ1) is 14.7. The minimum Gasteiger partial charge on any atom is -0.299 e. The third-order valence-corrected chi connectivity index (χ3v) is 6.58. The second kappa shape index (κ2) is 12.9. The van der Waals surface area contributed by atoms with Crippen LogP contribution < -0.4 is 0 Å². The van der Waals surface area contributed by atoms with E-state index in [1.54, 1.807) is 0 Å². The number of hydrogen-bond acceptors (Lipinski definition) is 2. The summed E-state index contributed by atoms with van der Waals surface area (Å²) < 4.78 is 0. The largest absolute Gasteiger partial charge is 0.299 e. The fourth-order valence-electron chi connectivity index (χ4n) is 4.57. The number of nitrogens with zero attached hydrogens (tertiary/aromatic N) is 2. The van der Waals surface area contributed by atoms with E-state index in [2.05, 4.69) is 72.2 Å². The Morgan fingerprint density at radius 3 is 1.60 bits per heavy atom. The van der Waals surface area contributed by atoms with Crippen LogP contribution in [0, 0.1) is 13.8 Å². The van der Waals surface area contributed by atoms with Crippen molar-refractivity contribution in [2.45, 2.75) is 78.3 Å². The lowest BCUT2D eigenvalue weighted by Gasteiger charge is -2.20. The molecule has 2 aromatic rings. The number of rotatable bonds is 4. The van der Waals surface area contributed by atoms with Gasteiger partial charge in [-0.2, -0.15) is 0 Å². The first-order valence-electron chi connectivity index (χ1n) is 12.3.